The molecule has 254 valence electrons. The van der Waals surface area contributed by atoms with Crippen LogP contribution in [0.5, 0.6) is 11.5 Å². The number of nitrogens with zero attached hydrogens (tertiary/aromatic N) is 2. The number of aryl methyl sites for hydroxylation is 2. The van der Waals surface area contributed by atoms with Crippen molar-refractivity contribution in [3.05, 3.63) is 108 Å². The molecule has 18 heteroatoms. The fourth-order valence-electron chi connectivity index (χ4n) is 3.51. The Morgan fingerprint density at radius 1 is 0.417 bits per heavy atom. The molecule has 0 amide bonds. The third-order valence-corrected chi connectivity index (χ3v) is 11.1. The lowest BCUT2D eigenvalue weighted by atomic mass is 10.2. The molecule has 0 spiro atoms. The molecule has 0 aliphatic carbocycles. The van der Waals surface area contributed by atoms with Gasteiger partial charge in [0.15, 0.2) is 0 Å². The van der Waals surface area contributed by atoms with Crippen LogP contribution < -0.4 is 8.37 Å². The predicted molar refractivity (Wildman–Crippen MR) is 174 cm³/mol. The molecule has 0 heterocycles. The zero-order valence-corrected chi connectivity index (χ0v) is 28.9. The summed E-state index contributed by atoms with van der Waals surface area (Å²) >= 11 is 0. The van der Waals surface area contributed by atoms with Crippen molar-refractivity contribution in [1.29, 1.82) is 0 Å². The van der Waals surface area contributed by atoms with E-state index >= 15 is 0 Å². The molecule has 0 fully saturated rings. The Morgan fingerprint density at radius 3 is 0.958 bits per heavy atom. The summed E-state index contributed by atoms with van der Waals surface area (Å²) in [4.78, 5) is -0.929. The van der Waals surface area contributed by atoms with Crippen molar-refractivity contribution >= 4 is 51.9 Å². The van der Waals surface area contributed by atoms with E-state index in [1.807, 2.05) is 0 Å². The molecule has 0 aromatic heterocycles. The normalized spacial score (nSPS) is 13.1. The molecular formula is C30H28N2O12S4. The van der Waals surface area contributed by atoms with Crippen LogP contribution in [-0.2, 0) is 49.0 Å². The molecule has 0 saturated heterocycles. The molecule has 14 nitrogen and oxygen atoms in total. The predicted octanol–water partition coefficient (Wildman–Crippen LogP) is 4.70. The van der Waals surface area contributed by atoms with Crippen LogP contribution in [-0.4, -0.2) is 45.1 Å². The van der Waals surface area contributed by atoms with Gasteiger partial charge in [-0.3, -0.25) is 8.57 Å². The van der Waals surface area contributed by atoms with Crippen LogP contribution in [0.4, 0.5) is 0 Å². The minimum absolute atomic E-state index is 0.0820. The lowest BCUT2D eigenvalue weighted by molar-refractivity contribution is 0.334. The van der Waals surface area contributed by atoms with Crippen molar-refractivity contribution < 1.29 is 50.6 Å². The summed E-state index contributed by atoms with van der Waals surface area (Å²) < 4.78 is 120. The van der Waals surface area contributed by atoms with Crippen LogP contribution in [0, 0.1) is 13.8 Å². The van der Waals surface area contributed by atoms with E-state index in [2.05, 4.69) is 18.9 Å². The van der Waals surface area contributed by atoms with Gasteiger partial charge in [0.1, 0.15) is 42.5 Å². The zero-order chi connectivity index (χ0) is 35.3. The smallest absolute Gasteiger partial charge is 0.358 e. The van der Waals surface area contributed by atoms with Gasteiger partial charge in [0.2, 0.25) is 0 Å². The Balaban J connectivity index is 1.37. The second kappa shape index (κ2) is 14.1. The monoisotopic (exact) mass is 736 g/mol. The van der Waals surface area contributed by atoms with Crippen LogP contribution in [0.15, 0.2) is 127 Å². The molecule has 48 heavy (non-hydrogen) atoms. The lowest BCUT2D eigenvalue weighted by Crippen LogP contribution is -2.12. The first-order valence-corrected chi connectivity index (χ1v) is 19.2. The third kappa shape index (κ3) is 9.18. The molecule has 4 rings (SSSR count). The molecule has 0 aliphatic heterocycles. The summed E-state index contributed by atoms with van der Waals surface area (Å²) in [5.74, 6) is -0.296. The Bertz CT molecular complexity index is 2120. The maximum Gasteiger partial charge on any atom is 0.358 e. The van der Waals surface area contributed by atoms with E-state index in [1.54, 1.807) is 38.1 Å². The van der Waals surface area contributed by atoms with Gasteiger partial charge in [-0.1, -0.05) is 45.7 Å². The van der Waals surface area contributed by atoms with Gasteiger partial charge >= 0.3 is 40.5 Å². The summed E-state index contributed by atoms with van der Waals surface area (Å²) in [6.07, 6.45) is 0. The molecule has 0 atom stereocenters. The first-order valence-electron chi connectivity index (χ1n) is 13.6. The quantitative estimate of drug-likeness (QED) is 0.104. The van der Waals surface area contributed by atoms with E-state index in [9.17, 15) is 33.7 Å². The van der Waals surface area contributed by atoms with Crippen LogP contribution in [0.2, 0.25) is 0 Å². The van der Waals surface area contributed by atoms with Crippen molar-refractivity contribution in [2.24, 2.45) is 10.3 Å². The molecule has 4 aromatic carbocycles. The molecule has 0 N–H and O–H groups in total. The summed E-state index contributed by atoms with van der Waals surface area (Å²) in [6, 6.07) is 20.6. The van der Waals surface area contributed by atoms with Crippen molar-refractivity contribution in [2.45, 2.75) is 47.3 Å². The summed E-state index contributed by atoms with van der Waals surface area (Å²) in [5, 5.41) is 6.94. The van der Waals surface area contributed by atoms with E-state index in [0.29, 0.717) is 0 Å². The van der Waals surface area contributed by atoms with Crippen LogP contribution in [0.3, 0.4) is 0 Å². The molecule has 0 bridgehead atoms. The van der Waals surface area contributed by atoms with Gasteiger partial charge in [0.05, 0.1) is 0 Å². The van der Waals surface area contributed by atoms with E-state index in [1.165, 1.54) is 38.1 Å². The third-order valence-electron chi connectivity index (χ3n) is 6.32. The van der Waals surface area contributed by atoms with Crippen molar-refractivity contribution in [2.75, 3.05) is 0 Å². The number of rotatable bonds is 13. The number of hydrogen-bond donors (Lipinski definition) is 0. The molecule has 0 saturated carbocycles. The summed E-state index contributed by atoms with van der Waals surface area (Å²) in [5.41, 5.74) is 1.38. The fraction of sp³-hybridized carbons (Fsp3) is 0.133. The SMILES string of the molecule is CC(=NOS(=O)(=O)c1ccc(OS(=O)(=O)c2ccc(C)cc2)cc1)C(C)=NOS(=O)(=O)c1ccc(OS(=O)(=O)c2ccc(C)cc2)cc1. The highest BCUT2D eigenvalue weighted by Crippen LogP contribution is 2.24. The number of benzene rings is 4. The number of oxime groups is 2. The van der Waals surface area contributed by atoms with E-state index in [0.717, 1.165) is 59.7 Å². The van der Waals surface area contributed by atoms with Crippen molar-refractivity contribution in [1.82, 2.24) is 0 Å². The Morgan fingerprint density at radius 2 is 0.667 bits per heavy atom. The maximum atomic E-state index is 12.6. The van der Waals surface area contributed by atoms with E-state index in [4.69, 9.17) is 8.37 Å². The second-order valence-corrected chi connectivity index (χ2v) is 16.2. The standard InChI is InChI=1S/C30H28N2O12S4/c1-21-5-13-27(14-6-21)45(33,34)41-25-9-17-29(18-10-25)47(37,38)43-31-23(3)24(4)32-44-48(39,40)30-19-11-26(12-20-30)42-46(35,36)28-15-7-22(2)8-16-28/h5-20H,1-4H3. The van der Waals surface area contributed by atoms with Crippen LogP contribution in [0.1, 0.15) is 25.0 Å². The topological polar surface area (TPSA) is 198 Å². The first kappa shape index (κ1) is 36.1. The highest BCUT2D eigenvalue weighted by Gasteiger charge is 2.21. The fourth-order valence-corrected chi connectivity index (χ4v) is 6.90. The Kier molecular flexibility index (Phi) is 10.6. The van der Waals surface area contributed by atoms with E-state index < -0.39 is 40.5 Å². The van der Waals surface area contributed by atoms with Gasteiger partial charge in [0, 0.05) is 0 Å². The minimum Gasteiger partial charge on any atom is -0.379 e. The van der Waals surface area contributed by atoms with Gasteiger partial charge in [-0.2, -0.15) is 33.7 Å². The highest BCUT2D eigenvalue weighted by atomic mass is 32.2. The Labute approximate surface area is 278 Å². The van der Waals surface area contributed by atoms with Gasteiger partial charge in [-0.15, -0.1) is 0 Å². The van der Waals surface area contributed by atoms with Gasteiger partial charge in [0.25, 0.3) is 0 Å². The second-order valence-electron chi connectivity index (χ2n) is 10.1. The lowest BCUT2D eigenvalue weighted by Gasteiger charge is -2.08. The first-order chi connectivity index (χ1) is 22.4. The van der Waals surface area contributed by atoms with E-state index in [-0.39, 0.29) is 42.5 Å². The highest BCUT2D eigenvalue weighted by molar-refractivity contribution is 7.87. The molecular weight excluding hydrogens is 709 g/mol. The van der Waals surface area contributed by atoms with Crippen LogP contribution >= 0.6 is 0 Å². The van der Waals surface area contributed by atoms with Crippen LogP contribution in [0.25, 0.3) is 0 Å². The van der Waals surface area contributed by atoms with Crippen molar-refractivity contribution in [3.8, 4) is 11.5 Å². The summed E-state index contributed by atoms with van der Waals surface area (Å²) in [6.45, 7) is 6.14. The summed E-state index contributed by atoms with van der Waals surface area (Å²) in [7, 11) is -17.3. The molecule has 0 aliphatic rings. The molecule has 0 radical (unpaired) electrons. The minimum atomic E-state index is -4.49. The average Bonchev–Trinajstić information content (AvgIpc) is 3.03. The van der Waals surface area contributed by atoms with Crippen molar-refractivity contribution in [3.63, 3.8) is 0 Å². The zero-order valence-electron chi connectivity index (χ0n) is 25.7. The molecule has 4 aromatic rings. The largest absolute Gasteiger partial charge is 0.379 e. The number of hydrogen-bond acceptors (Lipinski definition) is 14. The van der Waals surface area contributed by atoms with Gasteiger partial charge < -0.3 is 8.37 Å². The molecule has 0 unspecified atom stereocenters. The van der Waals surface area contributed by atoms with Gasteiger partial charge in [-0.05, 0) is 100 Å². The average molecular weight is 737 g/mol. The maximum absolute atomic E-state index is 12.6. The Hall–Kier alpha value is -4.78. The van der Waals surface area contributed by atoms with Gasteiger partial charge in [-0.25, -0.2) is 0 Å².